The van der Waals surface area contributed by atoms with Crippen LogP contribution >= 0.6 is 0 Å². The summed E-state index contributed by atoms with van der Waals surface area (Å²) in [6, 6.07) is 9.17. The van der Waals surface area contributed by atoms with Crippen LogP contribution in [-0.4, -0.2) is 11.1 Å². The molecule has 0 radical (unpaired) electrons. The van der Waals surface area contributed by atoms with E-state index in [4.69, 9.17) is 14.3 Å². The van der Waals surface area contributed by atoms with E-state index in [1.165, 1.54) is 0 Å². The average molecular weight is 232 g/mol. The molecule has 0 aliphatic heterocycles. The molecule has 0 saturated heterocycles. The van der Waals surface area contributed by atoms with Gasteiger partial charge in [-0.1, -0.05) is 18.2 Å². The van der Waals surface area contributed by atoms with E-state index < -0.39 is 17.1 Å². The van der Waals surface area contributed by atoms with Gasteiger partial charge < -0.3 is 14.3 Å². The molecule has 2 aromatic rings. The predicted molar refractivity (Wildman–Crippen MR) is 58.0 cm³/mol. The summed E-state index contributed by atoms with van der Waals surface area (Å²) in [6.45, 7) is 0. The molecule has 0 amide bonds. The van der Waals surface area contributed by atoms with Crippen LogP contribution in [0.25, 0.3) is 0 Å². The van der Waals surface area contributed by atoms with Crippen LogP contribution in [0.1, 0.15) is 10.4 Å². The highest BCUT2D eigenvalue weighted by Gasteiger charge is 2.10. The van der Waals surface area contributed by atoms with Gasteiger partial charge in [-0.15, -0.1) is 0 Å². The minimum atomic E-state index is -0.674. The maximum atomic E-state index is 11.6. The first-order chi connectivity index (χ1) is 8.16. The molecule has 0 fully saturated rings. The van der Waals surface area contributed by atoms with Gasteiger partial charge in [-0.25, -0.2) is 4.79 Å². The normalized spacial score (nSPS) is 9.88. The third-order valence-electron chi connectivity index (χ3n) is 1.99. The van der Waals surface area contributed by atoms with Crippen LogP contribution in [0.3, 0.4) is 0 Å². The lowest BCUT2D eigenvalue weighted by atomic mass is 10.2. The Kier molecular flexibility index (Phi) is 2.91. The van der Waals surface area contributed by atoms with Crippen LogP contribution in [0.15, 0.2) is 51.9 Å². The van der Waals surface area contributed by atoms with Gasteiger partial charge >= 0.3 is 5.97 Å². The van der Waals surface area contributed by atoms with Gasteiger partial charge in [-0.05, 0) is 12.1 Å². The quantitative estimate of drug-likeness (QED) is 0.795. The van der Waals surface area contributed by atoms with Crippen LogP contribution in [-0.2, 0) is 0 Å². The third kappa shape index (κ3) is 2.52. The highest BCUT2D eigenvalue weighted by Crippen LogP contribution is 2.13. The minimum absolute atomic E-state index is 0.262. The van der Waals surface area contributed by atoms with Crippen LogP contribution in [0.2, 0.25) is 0 Å². The van der Waals surface area contributed by atoms with Crippen molar-refractivity contribution in [2.24, 2.45) is 0 Å². The monoisotopic (exact) mass is 232 g/mol. The van der Waals surface area contributed by atoms with Crippen molar-refractivity contribution in [3.63, 3.8) is 0 Å². The lowest BCUT2D eigenvalue weighted by Crippen LogP contribution is -2.09. The SMILES string of the molecule is O=C(Oc1cc(=O)c(O)co1)c1ccccc1. The highest BCUT2D eigenvalue weighted by atomic mass is 16.6. The molecule has 0 bridgehead atoms. The molecule has 0 unspecified atom stereocenters. The predicted octanol–water partition coefficient (Wildman–Crippen LogP) is 1.56. The molecule has 5 nitrogen and oxygen atoms in total. The van der Waals surface area contributed by atoms with Gasteiger partial charge in [-0.2, -0.15) is 0 Å². The number of ether oxygens (including phenoxy) is 1. The van der Waals surface area contributed by atoms with Gasteiger partial charge in [0.05, 0.1) is 11.6 Å². The van der Waals surface area contributed by atoms with Crippen molar-refractivity contribution in [1.82, 2.24) is 0 Å². The number of hydrogen-bond donors (Lipinski definition) is 1. The van der Waals surface area contributed by atoms with Gasteiger partial charge in [0.15, 0.2) is 5.75 Å². The van der Waals surface area contributed by atoms with Crippen LogP contribution in [0.5, 0.6) is 11.7 Å². The molecule has 0 aliphatic carbocycles. The summed E-state index contributed by atoms with van der Waals surface area (Å²) < 4.78 is 9.56. The fraction of sp³-hybridized carbons (Fsp3) is 0. The Hall–Kier alpha value is -2.56. The summed E-state index contributed by atoms with van der Waals surface area (Å²) >= 11 is 0. The van der Waals surface area contributed by atoms with E-state index in [1.54, 1.807) is 30.3 Å². The molecule has 86 valence electrons. The van der Waals surface area contributed by atoms with Gasteiger partial charge in [-0.3, -0.25) is 4.79 Å². The maximum absolute atomic E-state index is 11.6. The Morgan fingerprint density at radius 2 is 1.94 bits per heavy atom. The van der Waals surface area contributed by atoms with Crippen molar-refractivity contribution in [2.75, 3.05) is 0 Å². The molecular weight excluding hydrogens is 224 g/mol. The van der Waals surface area contributed by atoms with Crippen LogP contribution in [0, 0.1) is 0 Å². The number of carbonyl (C=O) groups is 1. The molecule has 0 atom stereocenters. The van der Waals surface area contributed by atoms with E-state index in [2.05, 4.69) is 0 Å². The summed E-state index contributed by atoms with van der Waals surface area (Å²) in [5.41, 5.74) is -0.338. The van der Waals surface area contributed by atoms with Crippen molar-refractivity contribution >= 4 is 5.97 Å². The van der Waals surface area contributed by atoms with Crippen LogP contribution in [0.4, 0.5) is 0 Å². The molecular formula is C12H8O5. The van der Waals surface area contributed by atoms with Gasteiger partial charge in [0.1, 0.15) is 6.26 Å². The zero-order valence-corrected chi connectivity index (χ0v) is 8.62. The molecule has 5 heteroatoms. The molecule has 1 aromatic carbocycles. The van der Waals surface area contributed by atoms with E-state index in [-0.39, 0.29) is 5.95 Å². The summed E-state index contributed by atoms with van der Waals surface area (Å²) in [4.78, 5) is 22.6. The van der Waals surface area contributed by atoms with Crippen molar-refractivity contribution in [1.29, 1.82) is 0 Å². The van der Waals surface area contributed by atoms with E-state index in [0.29, 0.717) is 5.56 Å². The Morgan fingerprint density at radius 1 is 1.24 bits per heavy atom. The Labute approximate surface area is 95.9 Å². The van der Waals surface area contributed by atoms with Crippen molar-refractivity contribution in [3.05, 3.63) is 58.4 Å². The minimum Gasteiger partial charge on any atom is -0.502 e. The van der Waals surface area contributed by atoms with Crippen molar-refractivity contribution in [3.8, 4) is 11.7 Å². The van der Waals surface area contributed by atoms with E-state index in [9.17, 15) is 9.59 Å². The smallest absolute Gasteiger partial charge is 0.345 e. The summed E-state index contributed by atoms with van der Waals surface area (Å²) in [7, 11) is 0. The van der Waals surface area contributed by atoms with E-state index in [0.717, 1.165) is 12.3 Å². The lowest BCUT2D eigenvalue weighted by molar-refractivity contribution is 0.0689. The number of carbonyl (C=O) groups excluding carboxylic acids is 1. The molecule has 0 aliphatic rings. The zero-order chi connectivity index (χ0) is 12.3. The van der Waals surface area contributed by atoms with Gasteiger partial charge in [0.25, 0.3) is 5.95 Å². The van der Waals surface area contributed by atoms with E-state index >= 15 is 0 Å². The topological polar surface area (TPSA) is 76.7 Å². The van der Waals surface area contributed by atoms with Gasteiger partial charge in [0.2, 0.25) is 5.43 Å². The number of benzene rings is 1. The third-order valence-corrected chi connectivity index (χ3v) is 1.99. The summed E-state index contributed by atoms with van der Waals surface area (Å²) in [5, 5.41) is 8.95. The first-order valence-electron chi connectivity index (χ1n) is 4.76. The Morgan fingerprint density at radius 3 is 2.59 bits per heavy atom. The molecule has 1 heterocycles. The summed E-state index contributed by atoms with van der Waals surface area (Å²) in [6.07, 6.45) is 0.815. The fourth-order valence-electron chi connectivity index (χ4n) is 1.17. The highest BCUT2D eigenvalue weighted by molar-refractivity contribution is 5.90. The Bertz CT molecular complexity index is 585. The molecule has 0 spiro atoms. The van der Waals surface area contributed by atoms with Crippen LogP contribution < -0.4 is 10.2 Å². The second-order valence-corrected chi connectivity index (χ2v) is 3.20. The standard InChI is InChI=1S/C12H8O5/c13-9-6-11(16-7-10(9)14)17-12(15)8-4-2-1-3-5-8/h1-7,14H. The van der Waals surface area contributed by atoms with E-state index in [1.807, 2.05) is 0 Å². The number of hydrogen-bond acceptors (Lipinski definition) is 5. The first-order valence-corrected chi connectivity index (χ1v) is 4.76. The second-order valence-electron chi connectivity index (χ2n) is 3.20. The second kappa shape index (κ2) is 4.52. The zero-order valence-electron chi connectivity index (χ0n) is 8.62. The summed E-state index contributed by atoms with van der Waals surface area (Å²) in [5.74, 6) is -1.44. The lowest BCUT2D eigenvalue weighted by Gasteiger charge is -2.02. The number of rotatable bonds is 2. The maximum Gasteiger partial charge on any atom is 0.345 e. The number of esters is 1. The molecule has 0 saturated carbocycles. The van der Waals surface area contributed by atoms with Crippen molar-refractivity contribution in [2.45, 2.75) is 0 Å². The van der Waals surface area contributed by atoms with Gasteiger partial charge in [0, 0.05) is 0 Å². The largest absolute Gasteiger partial charge is 0.502 e. The first kappa shape index (κ1) is 10.9. The average Bonchev–Trinajstić information content (AvgIpc) is 2.35. The van der Waals surface area contributed by atoms with Crippen molar-refractivity contribution < 1.29 is 19.1 Å². The molecule has 1 aromatic heterocycles. The molecule has 1 N–H and O–H groups in total. The number of aromatic hydroxyl groups is 1. The molecule has 17 heavy (non-hydrogen) atoms. The fourth-order valence-corrected chi connectivity index (χ4v) is 1.17. The molecule has 2 rings (SSSR count). The Balaban J connectivity index is 2.19.